The topological polar surface area (TPSA) is 89.6 Å². The van der Waals surface area contributed by atoms with E-state index in [4.69, 9.17) is 9.73 Å². The summed E-state index contributed by atoms with van der Waals surface area (Å²) < 4.78 is 6.53. The third-order valence-corrected chi connectivity index (χ3v) is 8.27. The molecule has 230 valence electrons. The van der Waals surface area contributed by atoms with E-state index in [0.717, 1.165) is 73.0 Å². The number of nitrogens with one attached hydrogen (secondary N) is 2. The minimum atomic E-state index is -0.275. The Labute approximate surface area is 256 Å². The van der Waals surface area contributed by atoms with E-state index >= 15 is 0 Å². The summed E-state index contributed by atoms with van der Waals surface area (Å²) >= 11 is 0. The molecule has 4 rings (SSSR count). The molecular weight excluding hydrogens is 536 g/mol. The Bertz CT molecular complexity index is 1510. The quantitative estimate of drug-likeness (QED) is 0.197. The average Bonchev–Trinajstić information content (AvgIpc) is 3.41. The summed E-state index contributed by atoms with van der Waals surface area (Å²) in [4.78, 5) is 24.3. The Morgan fingerprint density at radius 2 is 1.74 bits per heavy atom. The van der Waals surface area contributed by atoms with E-state index in [1.54, 1.807) is 0 Å². The summed E-state index contributed by atoms with van der Waals surface area (Å²) in [5.41, 5.74) is 8.92. The van der Waals surface area contributed by atoms with Crippen LogP contribution in [0, 0.1) is 6.92 Å². The van der Waals surface area contributed by atoms with Crippen LogP contribution in [0.1, 0.15) is 81.1 Å². The number of aryl methyl sites for hydroxylation is 3. The largest absolute Gasteiger partial charge is 0.488 e. The summed E-state index contributed by atoms with van der Waals surface area (Å²) in [5, 5.41) is 6.55. The van der Waals surface area contributed by atoms with Crippen LogP contribution in [0.15, 0.2) is 69.7 Å². The van der Waals surface area contributed by atoms with Gasteiger partial charge < -0.3 is 9.64 Å². The zero-order chi connectivity index (χ0) is 31.1. The molecule has 0 radical (unpaired) electrons. The van der Waals surface area contributed by atoms with Crippen LogP contribution in [0.4, 0.5) is 0 Å². The number of hydrogen-bond donors (Lipinski definition) is 2. The van der Waals surface area contributed by atoms with Crippen molar-refractivity contribution in [3.8, 4) is 5.75 Å². The van der Waals surface area contributed by atoms with Crippen molar-refractivity contribution in [2.24, 2.45) is 4.99 Å². The molecule has 2 heterocycles. The van der Waals surface area contributed by atoms with Gasteiger partial charge in [-0.1, -0.05) is 64.6 Å². The molecule has 43 heavy (non-hydrogen) atoms. The fourth-order valence-corrected chi connectivity index (χ4v) is 5.62. The minimum absolute atomic E-state index is 0.275. The van der Waals surface area contributed by atoms with Gasteiger partial charge in [-0.15, -0.1) is 0 Å². The summed E-state index contributed by atoms with van der Waals surface area (Å²) in [5.74, 6) is 2.89. The molecule has 0 unspecified atom stereocenters. The molecule has 1 aliphatic heterocycles. The molecule has 2 aromatic carbocycles. The van der Waals surface area contributed by atoms with E-state index in [1.807, 2.05) is 6.92 Å². The first-order valence-corrected chi connectivity index (χ1v) is 15.5. The number of aromatic nitrogens is 3. The van der Waals surface area contributed by atoms with Gasteiger partial charge >= 0.3 is 5.69 Å². The Kier molecular flexibility index (Phi) is 10.8. The Morgan fingerprint density at radius 1 is 1.07 bits per heavy atom. The van der Waals surface area contributed by atoms with Gasteiger partial charge in [-0.05, 0) is 73.4 Å². The Morgan fingerprint density at radius 3 is 2.30 bits per heavy atom. The molecule has 0 spiro atoms. The van der Waals surface area contributed by atoms with Crippen LogP contribution in [0.3, 0.4) is 0 Å². The van der Waals surface area contributed by atoms with Crippen LogP contribution in [0.25, 0.3) is 0 Å². The predicted molar refractivity (Wildman–Crippen MR) is 176 cm³/mol. The van der Waals surface area contributed by atoms with Crippen LogP contribution in [-0.4, -0.2) is 63.5 Å². The first-order chi connectivity index (χ1) is 20.6. The molecule has 0 aliphatic carbocycles. The van der Waals surface area contributed by atoms with Crippen molar-refractivity contribution in [2.45, 2.75) is 73.8 Å². The van der Waals surface area contributed by atoms with Crippen molar-refractivity contribution < 1.29 is 4.74 Å². The lowest BCUT2D eigenvalue weighted by molar-refractivity contribution is 0.147. The maximum Gasteiger partial charge on any atom is 0.340 e. The fraction of sp³-hybridized carbons (Fsp3) is 0.457. The zero-order valence-corrected chi connectivity index (χ0v) is 27.0. The minimum Gasteiger partial charge on any atom is -0.488 e. The van der Waals surface area contributed by atoms with E-state index < -0.39 is 0 Å². The van der Waals surface area contributed by atoms with E-state index in [1.165, 1.54) is 22.3 Å². The number of benzene rings is 2. The normalized spacial score (nSPS) is 15.2. The maximum absolute atomic E-state index is 11.5. The van der Waals surface area contributed by atoms with Crippen molar-refractivity contribution in [1.29, 1.82) is 0 Å². The van der Waals surface area contributed by atoms with Gasteiger partial charge in [0.1, 0.15) is 24.0 Å². The van der Waals surface area contributed by atoms with Gasteiger partial charge in [0, 0.05) is 43.0 Å². The van der Waals surface area contributed by atoms with Crippen LogP contribution in [-0.2, 0) is 19.4 Å². The van der Waals surface area contributed by atoms with E-state index in [-0.39, 0.29) is 5.69 Å². The molecule has 0 saturated carbocycles. The molecule has 0 atom stereocenters. The van der Waals surface area contributed by atoms with Gasteiger partial charge in [0.05, 0.1) is 6.54 Å². The lowest BCUT2D eigenvalue weighted by Crippen LogP contribution is -2.45. The molecular formula is C35H48N6O2. The zero-order valence-electron chi connectivity index (χ0n) is 27.0. The van der Waals surface area contributed by atoms with Gasteiger partial charge in [-0.3, -0.25) is 9.88 Å². The monoisotopic (exact) mass is 584 g/mol. The molecule has 0 bridgehead atoms. The van der Waals surface area contributed by atoms with Crippen molar-refractivity contribution in [1.82, 2.24) is 25.0 Å². The highest BCUT2D eigenvalue weighted by Gasteiger charge is 2.24. The molecule has 1 fully saturated rings. The molecule has 0 amide bonds. The molecule has 1 aromatic heterocycles. The van der Waals surface area contributed by atoms with E-state index in [0.29, 0.717) is 24.9 Å². The lowest BCUT2D eigenvalue weighted by Gasteiger charge is -2.37. The average molecular weight is 585 g/mol. The van der Waals surface area contributed by atoms with Gasteiger partial charge in [0.25, 0.3) is 0 Å². The molecule has 8 nitrogen and oxygen atoms in total. The van der Waals surface area contributed by atoms with Crippen molar-refractivity contribution in [2.75, 3.05) is 32.8 Å². The molecule has 1 saturated heterocycles. The third-order valence-electron chi connectivity index (χ3n) is 8.27. The van der Waals surface area contributed by atoms with Crippen LogP contribution >= 0.6 is 0 Å². The second-order valence-electron chi connectivity index (χ2n) is 11.8. The summed E-state index contributed by atoms with van der Waals surface area (Å²) in [6, 6.07) is 13.0. The van der Waals surface area contributed by atoms with Crippen LogP contribution < -0.4 is 10.4 Å². The third kappa shape index (κ3) is 7.93. The summed E-state index contributed by atoms with van der Waals surface area (Å²) in [6.45, 7) is 23.6. The first-order valence-electron chi connectivity index (χ1n) is 15.5. The van der Waals surface area contributed by atoms with E-state index in [9.17, 15) is 4.79 Å². The standard InChI is InChI=1S/C35H48N6O2/c1-9-27-12-11-13-28(10-2)33(27)26(8)36-34(41-18-16-40(17-19-41)21-32-37-35(42)39-38-32)30(24(5)6)22-43-31-20-29(23(3)4)15-14-25(31)7/h11-15,20,23H,5,9-10,16-19,21-22H2,1-4,6-8H3,(H2,37,38,39,42)/b34-30+,36-26+. The highest BCUT2D eigenvalue weighted by Crippen LogP contribution is 2.28. The lowest BCUT2D eigenvalue weighted by atomic mass is 9.94. The number of rotatable bonds is 12. The number of aromatic amines is 2. The van der Waals surface area contributed by atoms with Crippen molar-refractivity contribution >= 4 is 5.71 Å². The fourth-order valence-electron chi connectivity index (χ4n) is 5.62. The van der Waals surface area contributed by atoms with Gasteiger partial charge in [0.2, 0.25) is 0 Å². The number of hydrogen-bond acceptors (Lipinski definition) is 6. The van der Waals surface area contributed by atoms with Crippen molar-refractivity contribution in [3.63, 3.8) is 0 Å². The van der Waals surface area contributed by atoms with Crippen LogP contribution in [0.5, 0.6) is 5.75 Å². The van der Waals surface area contributed by atoms with Gasteiger partial charge in [-0.2, -0.15) is 5.10 Å². The SMILES string of the molecule is C=C(C)/C(COc1cc(C(C)C)ccc1C)=C(\N=C(/C)c1c(CC)cccc1CC)N1CCN(Cc2n[nH]c(=O)[nH]2)CC1. The van der Waals surface area contributed by atoms with E-state index in [2.05, 4.69) is 110 Å². The highest BCUT2D eigenvalue weighted by molar-refractivity contribution is 6.02. The first kappa shape index (κ1) is 32.0. The highest BCUT2D eigenvalue weighted by atomic mass is 16.5. The Balaban J connectivity index is 1.71. The molecule has 8 heteroatoms. The molecule has 1 aliphatic rings. The second kappa shape index (κ2) is 14.5. The van der Waals surface area contributed by atoms with Crippen molar-refractivity contribution in [3.05, 3.63) is 104 Å². The summed E-state index contributed by atoms with van der Waals surface area (Å²) in [6.07, 6.45) is 1.90. The van der Waals surface area contributed by atoms with Gasteiger partial charge in [-0.25, -0.2) is 14.9 Å². The molecule has 2 N–H and O–H groups in total. The predicted octanol–water partition coefficient (Wildman–Crippen LogP) is 6.15. The maximum atomic E-state index is 11.5. The Hall–Kier alpha value is -3.91. The number of nitrogens with zero attached hydrogens (tertiary/aromatic N) is 4. The van der Waals surface area contributed by atoms with Crippen LogP contribution in [0.2, 0.25) is 0 Å². The number of ether oxygens (including phenoxy) is 1. The number of aliphatic imine (C=N–C) groups is 1. The number of H-pyrrole nitrogens is 2. The molecule has 3 aromatic rings. The smallest absolute Gasteiger partial charge is 0.340 e. The summed E-state index contributed by atoms with van der Waals surface area (Å²) in [7, 11) is 0. The second-order valence-corrected chi connectivity index (χ2v) is 11.8. The van der Waals surface area contributed by atoms with Gasteiger partial charge in [0.15, 0.2) is 0 Å². The number of piperazine rings is 1.